The minimum atomic E-state index is -0.0749. The molecule has 1 aliphatic rings. The van der Waals surface area contributed by atoms with Crippen molar-refractivity contribution in [2.45, 2.75) is 31.6 Å². The number of hydrogen-bond donors (Lipinski definition) is 1. The van der Waals surface area contributed by atoms with Crippen LogP contribution in [0.25, 0.3) is 0 Å². The Bertz CT molecular complexity index is 375. The third-order valence-corrected chi connectivity index (χ3v) is 3.63. The summed E-state index contributed by atoms with van der Waals surface area (Å²) < 4.78 is 4.77. The van der Waals surface area contributed by atoms with Gasteiger partial charge in [0, 0.05) is 0 Å². The molecule has 92 valence electrons. The van der Waals surface area contributed by atoms with Crippen LogP contribution in [-0.4, -0.2) is 18.2 Å². The fourth-order valence-electron chi connectivity index (χ4n) is 2.58. The van der Waals surface area contributed by atoms with E-state index in [2.05, 4.69) is 0 Å². The highest BCUT2D eigenvalue weighted by Crippen LogP contribution is 2.36. The maximum atomic E-state index is 11.4. The number of esters is 1. The highest BCUT2D eigenvalue weighted by Gasteiger charge is 2.27. The van der Waals surface area contributed by atoms with Crippen molar-refractivity contribution in [1.29, 1.82) is 0 Å². The topological polar surface area (TPSA) is 46.5 Å². The second-order valence-electron chi connectivity index (χ2n) is 4.66. The molecule has 0 saturated heterocycles. The lowest BCUT2D eigenvalue weighted by molar-refractivity contribution is -0.146. The van der Waals surface area contributed by atoms with Crippen molar-refractivity contribution in [3.05, 3.63) is 29.8 Å². The van der Waals surface area contributed by atoms with Crippen molar-refractivity contribution in [2.75, 3.05) is 7.11 Å². The van der Waals surface area contributed by atoms with Crippen LogP contribution in [-0.2, 0) is 9.53 Å². The molecule has 17 heavy (non-hydrogen) atoms. The molecule has 0 bridgehead atoms. The van der Waals surface area contributed by atoms with Gasteiger partial charge in [0.1, 0.15) is 5.75 Å². The molecule has 0 aliphatic heterocycles. The summed E-state index contributed by atoms with van der Waals surface area (Å²) in [6.07, 6.45) is 3.84. The molecule has 1 aliphatic carbocycles. The first kappa shape index (κ1) is 12.0. The minimum Gasteiger partial charge on any atom is -0.508 e. The number of ether oxygens (including phenoxy) is 1. The van der Waals surface area contributed by atoms with E-state index in [9.17, 15) is 9.90 Å². The number of hydrogen-bond acceptors (Lipinski definition) is 3. The van der Waals surface area contributed by atoms with Crippen LogP contribution < -0.4 is 0 Å². The maximum absolute atomic E-state index is 11.4. The fourth-order valence-corrected chi connectivity index (χ4v) is 2.58. The zero-order valence-electron chi connectivity index (χ0n) is 10.1. The zero-order chi connectivity index (χ0) is 12.3. The van der Waals surface area contributed by atoms with Crippen LogP contribution in [0.3, 0.4) is 0 Å². The third kappa shape index (κ3) is 2.78. The standard InChI is InChI=1S/C14H18O3/c1-17-14(16)12-4-2-10(3-5-12)11-6-8-13(15)9-7-11/h6-10,12,15H,2-5H2,1H3/t10-,12-. The summed E-state index contributed by atoms with van der Waals surface area (Å²) >= 11 is 0. The van der Waals surface area contributed by atoms with Gasteiger partial charge in [-0.2, -0.15) is 0 Å². The smallest absolute Gasteiger partial charge is 0.308 e. The molecule has 1 fully saturated rings. The normalized spacial score (nSPS) is 24.3. The lowest BCUT2D eigenvalue weighted by atomic mass is 9.79. The van der Waals surface area contributed by atoms with Crippen molar-refractivity contribution < 1.29 is 14.6 Å². The van der Waals surface area contributed by atoms with Crippen molar-refractivity contribution in [1.82, 2.24) is 0 Å². The molecular weight excluding hydrogens is 216 g/mol. The Hall–Kier alpha value is -1.51. The monoisotopic (exact) mass is 234 g/mol. The number of phenolic OH excluding ortho intramolecular Hbond substituents is 1. The van der Waals surface area contributed by atoms with Gasteiger partial charge in [0.2, 0.25) is 0 Å². The number of carbonyl (C=O) groups excluding carboxylic acids is 1. The van der Waals surface area contributed by atoms with E-state index in [0.29, 0.717) is 11.7 Å². The molecule has 0 atom stereocenters. The molecule has 2 rings (SSSR count). The summed E-state index contributed by atoms with van der Waals surface area (Å²) in [7, 11) is 1.45. The van der Waals surface area contributed by atoms with Crippen LogP contribution in [0.5, 0.6) is 5.75 Å². The molecule has 0 heterocycles. The second-order valence-corrected chi connectivity index (χ2v) is 4.66. The van der Waals surface area contributed by atoms with Gasteiger partial charge in [-0.15, -0.1) is 0 Å². The minimum absolute atomic E-state index is 0.0749. The average molecular weight is 234 g/mol. The largest absolute Gasteiger partial charge is 0.508 e. The Morgan fingerprint density at radius 3 is 2.29 bits per heavy atom. The van der Waals surface area contributed by atoms with Crippen LogP contribution in [0.15, 0.2) is 24.3 Å². The molecule has 0 aromatic heterocycles. The van der Waals surface area contributed by atoms with Gasteiger partial charge in [0.25, 0.3) is 0 Å². The first-order valence-electron chi connectivity index (χ1n) is 6.07. The molecule has 1 aromatic rings. The summed E-state index contributed by atoms with van der Waals surface area (Å²) in [5.74, 6) is 0.816. The van der Waals surface area contributed by atoms with Gasteiger partial charge < -0.3 is 9.84 Å². The van der Waals surface area contributed by atoms with E-state index in [1.54, 1.807) is 12.1 Å². The summed E-state index contributed by atoms with van der Waals surface area (Å²) in [4.78, 5) is 11.4. The Morgan fingerprint density at radius 2 is 1.76 bits per heavy atom. The molecular formula is C14H18O3. The number of benzene rings is 1. The summed E-state index contributed by atoms with van der Waals surface area (Å²) in [5.41, 5.74) is 1.26. The summed E-state index contributed by atoms with van der Waals surface area (Å²) in [6, 6.07) is 7.39. The SMILES string of the molecule is COC(=O)[C@H]1CC[C@H](c2ccc(O)cc2)CC1. The summed E-state index contributed by atoms with van der Waals surface area (Å²) in [5, 5.41) is 9.24. The van der Waals surface area contributed by atoms with Gasteiger partial charge >= 0.3 is 5.97 Å². The first-order valence-corrected chi connectivity index (χ1v) is 6.07. The van der Waals surface area contributed by atoms with Crippen molar-refractivity contribution in [3.8, 4) is 5.75 Å². The molecule has 1 aromatic carbocycles. The number of aromatic hydroxyl groups is 1. The van der Waals surface area contributed by atoms with Crippen LogP contribution in [0.1, 0.15) is 37.2 Å². The van der Waals surface area contributed by atoms with Crippen molar-refractivity contribution in [3.63, 3.8) is 0 Å². The molecule has 1 saturated carbocycles. The molecule has 0 spiro atoms. The van der Waals surface area contributed by atoms with Gasteiger partial charge in [-0.05, 0) is 49.3 Å². The highest BCUT2D eigenvalue weighted by molar-refractivity contribution is 5.72. The zero-order valence-corrected chi connectivity index (χ0v) is 10.1. The van der Waals surface area contributed by atoms with E-state index in [1.807, 2.05) is 12.1 Å². The molecule has 0 unspecified atom stereocenters. The second kappa shape index (κ2) is 5.21. The van der Waals surface area contributed by atoms with Gasteiger partial charge in [0.05, 0.1) is 13.0 Å². The lowest BCUT2D eigenvalue weighted by Crippen LogP contribution is -2.22. The van der Waals surface area contributed by atoms with E-state index < -0.39 is 0 Å². The quantitative estimate of drug-likeness (QED) is 0.800. The van der Waals surface area contributed by atoms with E-state index in [4.69, 9.17) is 4.74 Å². The van der Waals surface area contributed by atoms with E-state index in [0.717, 1.165) is 25.7 Å². The average Bonchev–Trinajstić information content (AvgIpc) is 2.39. The third-order valence-electron chi connectivity index (χ3n) is 3.63. The van der Waals surface area contributed by atoms with Crippen LogP contribution in [0, 0.1) is 5.92 Å². The number of carbonyl (C=O) groups is 1. The predicted octanol–water partition coefficient (Wildman–Crippen LogP) is 2.84. The predicted molar refractivity (Wildman–Crippen MR) is 64.8 cm³/mol. The Balaban J connectivity index is 1.95. The molecule has 3 nitrogen and oxygen atoms in total. The number of rotatable bonds is 2. The van der Waals surface area contributed by atoms with Gasteiger partial charge in [-0.1, -0.05) is 12.1 Å². The number of phenols is 1. The van der Waals surface area contributed by atoms with Gasteiger partial charge in [-0.25, -0.2) is 0 Å². The number of methoxy groups -OCH3 is 1. The van der Waals surface area contributed by atoms with E-state index >= 15 is 0 Å². The Labute approximate surface area is 101 Å². The highest BCUT2D eigenvalue weighted by atomic mass is 16.5. The first-order chi connectivity index (χ1) is 8.20. The fraction of sp³-hybridized carbons (Fsp3) is 0.500. The van der Waals surface area contributed by atoms with Crippen LogP contribution in [0.4, 0.5) is 0 Å². The Morgan fingerprint density at radius 1 is 1.18 bits per heavy atom. The van der Waals surface area contributed by atoms with E-state index in [1.165, 1.54) is 12.7 Å². The summed E-state index contributed by atoms with van der Waals surface area (Å²) in [6.45, 7) is 0. The van der Waals surface area contributed by atoms with Crippen molar-refractivity contribution >= 4 is 5.97 Å². The Kier molecular flexibility index (Phi) is 3.67. The lowest BCUT2D eigenvalue weighted by Gasteiger charge is -2.27. The van der Waals surface area contributed by atoms with E-state index in [-0.39, 0.29) is 11.9 Å². The van der Waals surface area contributed by atoms with Gasteiger partial charge in [-0.3, -0.25) is 4.79 Å². The van der Waals surface area contributed by atoms with Gasteiger partial charge in [0.15, 0.2) is 0 Å². The maximum Gasteiger partial charge on any atom is 0.308 e. The molecule has 3 heteroatoms. The van der Waals surface area contributed by atoms with Crippen LogP contribution in [0.2, 0.25) is 0 Å². The molecule has 0 radical (unpaired) electrons. The van der Waals surface area contributed by atoms with Crippen LogP contribution >= 0.6 is 0 Å². The molecule has 1 N–H and O–H groups in total. The van der Waals surface area contributed by atoms with Crippen molar-refractivity contribution in [2.24, 2.45) is 5.92 Å². The molecule has 0 amide bonds.